The number of halogens is 3. The average Bonchev–Trinajstić information content (AvgIpc) is 3.16. The summed E-state index contributed by atoms with van der Waals surface area (Å²) in [5.74, 6) is -0.226. The maximum Gasteiger partial charge on any atom is 0.416 e. The van der Waals surface area contributed by atoms with Crippen LogP contribution in [0.15, 0.2) is 71.6 Å². The number of carbonyl (C=O) groups excluding carboxylic acids is 1. The highest BCUT2D eigenvalue weighted by Gasteiger charge is 2.44. The first kappa shape index (κ1) is 25.3. The van der Waals surface area contributed by atoms with Gasteiger partial charge in [-0.1, -0.05) is 35.9 Å². The van der Waals surface area contributed by atoms with Crippen LogP contribution < -0.4 is 9.62 Å². The number of sulfonamides is 1. The van der Waals surface area contributed by atoms with Gasteiger partial charge in [0.25, 0.3) is 15.9 Å². The van der Waals surface area contributed by atoms with Gasteiger partial charge in [-0.05, 0) is 68.9 Å². The summed E-state index contributed by atoms with van der Waals surface area (Å²) >= 11 is 0. The molecule has 0 radical (unpaired) electrons. The molecule has 0 unspecified atom stereocenters. The molecule has 1 N–H and O–H groups in total. The number of benzene rings is 3. The molecule has 0 spiro atoms. The minimum atomic E-state index is -4.69. The van der Waals surface area contributed by atoms with Crippen LogP contribution in [0.4, 0.5) is 24.5 Å². The fourth-order valence-electron chi connectivity index (χ4n) is 5.28. The molecule has 1 fully saturated rings. The molecule has 0 aliphatic carbocycles. The summed E-state index contributed by atoms with van der Waals surface area (Å²) in [5, 5.41) is 0. The van der Waals surface area contributed by atoms with Crippen LogP contribution >= 0.6 is 0 Å². The second kappa shape index (κ2) is 9.18. The van der Waals surface area contributed by atoms with Crippen molar-refractivity contribution in [2.75, 3.05) is 29.8 Å². The van der Waals surface area contributed by atoms with Gasteiger partial charge in [0.1, 0.15) is 0 Å². The summed E-state index contributed by atoms with van der Waals surface area (Å²) in [5.41, 5.74) is 2.05. The molecule has 2 heterocycles. The molecule has 10 heteroatoms. The number of likely N-dealkylation sites (tertiary alicyclic amines) is 1. The maximum atomic E-state index is 14.0. The van der Waals surface area contributed by atoms with Gasteiger partial charge >= 0.3 is 6.18 Å². The normalized spacial score (nSPS) is 19.9. The van der Waals surface area contributed by atoms with E-state index in [0.29, 0.717) is 6.07 Å². The monoisotopic (exact) mass is 529 g/mol. The lowest BCUT2D eigenvalue weighted by Crippen LogP contribution is -2.47. The minimum absolute atomic E-state index is 0.00921. The van der Waals surface area contributed by atoms with Crippen molar-refractivity contribution in [2.24, 2.45) is 0 Å². The number of aryl methyl sites for hydroxylation is 1. The number of hydrogen-bond acceptors (Lipinski definition) is 4. The third kappa shape index (κ3) is 4.71. The van der Waals surface area contributed by atoms with Gasteiger partial charge in [-0.15, -0.1) is 0 Å². The van der Waals surface area contributed by atoms with Crippen LogP contribution in [0, 0.1) is 6.92 Å². The Morgan fingerprint density at radius 2 is 1.78 bits per heavy atom. The van der Waals surface area contributed by atoms with Crippen LogP contribution in [0.1, 0.15) is 39.4 Å². The number of fused-ring (bicyclic) bond motifs is 3. The van der Waals surface area contributed by atoms with Crippen molar-refractivity contribution in [3.05, 3.63) is 89.0 Å². The van der Waals surface area contributed by atoms with Crippen LogP contribution in [0.2, 0.25) is 0 Å². The van der Waals surface area contributed by atoms with Gasteiger partial charge in [0.2, 0.25) is 0 Å². The van der Waals surface area contributed by atoms with E-state index in [1.54, 1.807) is 17.0 Å². The van der Waals surface area contributed by atoms with Crippen molar-refractivity contribution in [2.45, 2.75) is 36.4 Å². The van der Waals surface area contributed by atoms with Gasteiger partial charge in [0, 0.05) is 24.2 Å². The molecule has 6 nitrogen and oxygen atoms in total. The Balaban J connectivity index is 1.51. The van der Waals surface area contributed by atoms with Gasteiger partial charge in [-0.2, -0.15) is 13.2 Å². The molecular formula is C27H26F3N3O3S. The molecule has 2 aliphatic heterocycles. The summed E-state index contributed by atoms with van der Waals surface area (Å²) in [6.45, 7) is 3.63. The lowest BCUT2D eigenvalue weighted by molar-refractivity contribution is -0.137. The highest BCUT2D eigenvalue weighted by atomic mass is 32.2. The standard InChI is InChI=1S/C27H26F3N3O3S/c1-17-10-11-24-21(14-17)22-16-32(2)13-12-25(22)33(24)26(34)20-8-3-4-9-23(20)31-37(35,36)19-7-5-6-18(15-19)27(28,29)30/h3-11,14-15,22,25,31H,12-13,16H2,1-2H3/t22-,25-/m1/s1. The zero-order chi connectivity index (χ0) is 26.5. The first-order valence-corrected chi connectivity index (χ1v) is 13.4. The van der Waals surface area contributed by atoms with E-state index < -0.39 is 26.7 Å². The Morgan fingerprint density at radius 3 is 2.54 bits per heavy atom. The Hall–Kier alpha value is -3.37. The molecule has 1 saturated heterocycles. The van der Waals surface area contributed by atoms with Crippen LogP contribution in [-0.4, -0.2) is 45.4 Å². The van der Waals surface area contributed by atoms with Gasteiger partial charge in [0.05, 0.1) is 21.7 Å². The van der Waals surface area contributed by atoms with Gasteiger partial charge in [0.15, 0.2) is 0 Å². The van der Waals surface area contributed by atoms with E-state index in [0.717, 1.165) is 54.5 Å². The number of hydrogen-bond donors (Lipinski definition) is 1. The van der Waals surface area contributed by atoms with Crippen molar-refractivity contribution < 1.29 is 26.4 Å². The van der Waals surface area contributed by atoms with E-state index in [9.17, 15) is 26.4 Å². The first-order chi connectivity index (χ1) is 17.5. The van der Waals surface area contributed by atoms with E-state index in [2.05, 4.69) is 15.7 Å². The van der Waals surface area contributed by atoms with Gasteiger partial charge < -0.3 is 9.80 Å². The van der Waals surface area contributed by atoms with Crippen molar-refractivity contribution in [1.29, 1.82) is 0 Å². The second-order valence-corrected chi connectivity index (χ2v) is 11.3. The fourth-order valence-corrected chi connectivity index (χ4v) is 6.40. The minimum Gasteiger partial charge on any atom is -0.306 e. The maximum absolute atomic E-state index is 14.0. The number of para-hydroxylation sites is 1. The van der Waals surface area contributed by atoms with Crippen LogP contribution in [0.5, 0.6) is 0 Å². The van der Waals surface area contributed by atoms with Crippen molar-refractivity contribution in [3.63, 3.8) is 0 Å². The van der Waals surface area contributed by atoms with E-state index in [-0.39, 0.29) is 29.1 Å². The summed E-state index contributed by atoms with van der Waals surface area (Å²) in [4.78, 5) is 17.4. The summed E-state index contributed by atoms with van der Waals surface area (Å²) in [7, 11) is -2.35. The van der Waals surface area contributed by atoms with E-state index in [1.807, 2.05) is 26.1 Å². The lowest BCUT2D eigenvalue weighted by Gasteiger charge is -2.36. The largest absolute Gasteiger partial charge is 0.416 e. The van der Waals surface area contributed by atoms with Crippen LogP contribution in [0.3, 0.4) is 0 Å². The molecule has 3 aromatic rings. The van der Waals surface area contributed by atoms with E-state index in [1.165, 1.54) is 12.1 Å². The summed E-state index contributed by atoms with van der Waals surface area (Å²) in [6.07, 6.45) is -3.93. The molecular weight excluding hydrogens is 503 g/mol. The predicted octanol–water partition coefficient (Wildman–Crippen LogP) is 5.26. The van der Waals surface area contributed by atoms with Gasteiger partial charge in [-0.25, -0.2) is 8.42 Å². The quantitative estimate of drug-likeness (QED) is 0.501. The fraction of sp³-hybridized carbons (Fsp3) is 0.296. The van der Waals surface area contributed by atoms with Crippen LogP contribution in [-0.2, 0) is 16.2 Å². The first-order valence-electron chi connectivity index (χ1n) is 11.9. The molecule has 194 valence electrons. The molecule has 0 bridgehead atoms. The summed E-state index contributed by atoms with van der Waals surface area (Å²) < 4.78 is 68.0. The third-order valence-corrected chi connectivity index (χ3v) is 8.41. The number of anilines is 2. The van der Waals surface area contributed by atoms with E-state index in [4.69, 9.17) is 0 Å². The number of likely N-dealkylation sites (N-methyl/N-ethyl adjacent to an activating group) is 1. The average molecular weight is 530 g/mol. The molecule has 5 rings (SSSR count). The molecule has 0 saturated carbocycles. The highest BCUT2D eigenvalue weighted by Crippen LogP contribution is 2.46. The highest BCUT2D eigenvalue weighted by molar-refractivity contribution is 7.92. The molecule has 1 amide bonds. The molecule has 0 aromatic heterocycles. The topological polar surface area (TPSA) is 69.7 Å². The number of rotatable bonds is 4. The number of nitrogens with one attached hydrogen (secondary N) is 1. The SMILES string of the molecule is Cc1ccc2c(c1)[C@H]1CN(C)CC[C@H]1N2C(=O)c1ccccc1NS(=O)(=O)c1cccc(C(F)(F)F)c1. The Kier molecular flexibility index (Phi) is 6.27. The number of alkyl halides is 3. The number of piperidine rings is 1. The molecule has 2 atom stereocenters. The van der Waals surface area contributed by atoms with Crippen LogP contribution in [0.25, 0.3) is 0 Å². The smallest absolute Gasteiger partial charge is 0.306 e. The van der Waals surface area contributed by atoms with Crippen molar-refractivity contribution in [1.82, 2.24) is 4.90 Å². The van der Waals surface area contributed by atoms with Crippen molar-refractivity contribution >= 4 is 27.3 Å². The lowest BCUT2D eigenvalue weighted by atomic mass is 9.88. The zero-order valence-corrected chi connectivity index (χ0v) is 21.1. The third-order valence-electron chi connectivity index (χ3n) is 7.05. The number of amides is 1. The number of nitrogens with zero attached hydrogens (tertiary/aromatic N) is 2. The molecule has 3 aromatic carbocycles. The molecule has 2 aliphatic rings. The second-order valence-electron chi connectivity index (χ2n) is 9.64. The summed E-state index contributed by atoms with van der Waals surface area (Å²) in [6, 6.07) is 15.6. The number of carbonyl (C=O) groups is 1. The Morgan fingerprint density at radius 1 is 1.03 bits per heavy atom. The van der Waals surface area contributed by atoms with Crippen molar-refractivity contribution in [3.8, 4) is 0 Å². The molecule has 37 heavy (non-hydrogen) atoms. The van der Waals surface area contributed by atoms with Gasteiger partial charge in [-0.3, -0.25) is 9.52 Å². The Labute approximate surface area is 213 Å². The Bertz CT molecular complexity index is 1470. The van der Waals surface area contributed by atoms with E-state index >= 15 is 0 Å². The predicted molar refractivity (Wildman–Crippen MR) is 135 cm³/mol. The zero-order valence-electron chi connectivity index (χ0n) is 20.3.